The van der Waals surface area contributed by atoms with Gasteiger partial charge in [-0.25, -0.2) is 9.97 Å². The van der Waals surface area contributed by atoms with Crippen molar-refractivity contribution in [3.63, 3.8) is 0 Å². The van der Waals surface area contributed by atoms with Gasteiger partial charge < -0.3 is 5.32 Å². The largest absolute Gasteiger partial charge is 0.351 e. The summed E-state index contributed by atoms with van der Waals surface area (Å²) in [6.45, 7) is 7.14. The molecule has 0 bridgehead atoms. The zero-order chi connectivity index (χ0) is 17.6. The van der Waals surface area contributed by atoms with Gasteiger partial charge in [0.2, 0.25) is 5.95 Å². The number of aryl methyl sites for hydroxylation is 2. The summed E-state index contributed by atoms with van der Waals surface area (Å²) in [5.41, 5.74) is 3.84. The highest BCUT2D eigenvalue weighted by molar-refractivity contribution is 5.61. The molecule has 0 saturated heterocycles. The van der Waals surface area contributed by atoms with E-state index in [1.807, 2.05) is 23.9 Å². The Morgan fingerprint density at radius 1 is 1.20 bits per heavy atom. The first-order valence-electron chi connectivity index (χ1n) is 8.54. The average Bonchev–Trinajstić information content (AvgIpc) is 2.97. The summed E-state index contributed by atoms with van der Waals surface area (Å²) in [6, 6.07) is 2.06. The summed E-state index contributed by atoms with van der Waals surface area (Å²) in [6.07, 6.45) is 10.8. The molecule has 25 heavy (non-hydrogen) atoms. The monoisotopic (exact) mass is 337 g/mol. The molecule has 1 N–H and O–H groups in total. The Morgan fingerprint density at radius 3 is 2.84 bits per heavy atom. The number of anilines is 1. The third-order valence-corrected chi connectivity index (χ3v) is 3.84. The SMILES string of the molecule is CCCn1cc(-c2ccnc(N[C@H](C)Cc3cnccn3)n2)c(C)n1. The third-order valence-electron chi connectivity index (χ3n) is 3.84. The highest BCUT2D eigenvalue weighted by Crippen LogP contribution is 2.21. The first-order valence-corrected chi connectivity index (χ1v) is 8.54. The fourth-order valence-corrected chi connectivity index (χ4v) is 2.71. The van der Waals surface area contributed by atoms with Gasteiger partial charge in [-0.1, -0.05) is 6.92 Å². The summed E-state index contributed by atoms with van der Waals surface area (Å²) in [5.74, 6) is 0.608. The van der Waals surface area contributed by atoms with Crippen LogP contribution in [0.1, 0.15) is 31.7 Å². The first kappa shape index (κ1) is 17.0. The maximum atomic E-state index is 4.65. The summed E-state index contributed by atoms with van der Waals surface area (Å²) in [4.78, 5) is 17.4. The molecule has 1 atom stereocenters. The van der Waals surface area contributed by atoms with Crippen LogP contribution in [0.3, 0.4) is 0 Å². The van der Waals surface area contributed by atoms with Crippen LogP contribution in [0, 0.1) is 6.92 Å². The molecule has 0 radical (unpaired) electrons. The Morgan fingerprint density at radius 2 is 2.08 bits per heavy atom. The Bertz CT molecular complexity index is 813. The first-order chi connectivity index (χ1) is 12.2. The van der Waals surface area contributed by atoms with E-state index in [4.69, 9.17) is 0 Å². The van der Waals surface area contributed by atoms with Crippen LogP contribution in [0.2, 0.25) is 0 Å². The molecule has 130 valence electrons. The molecule has 0 saturated carbocycles. The van der Waals surface area contributed by atoms with Crippen molar-refractivity contribution >= 4 is 5.95 Å². The van der Waals surface area contributed by atoms with Crippen LogP contribution in [0.15, 0.2) is 37.1 Å². The quantitative estimate of drug-likeness (QED) is 0.714. The van der Waals surface area contributed by atoms with Gasteiger partial charge in [-0.2, -0.15) is 5.10 Å². The minimum Gasteiger partial charge on any atom is -0.351 e. The lowest BCUT2D eigenvalue weighted by atomic mass is 10.2. The topological polar surface area (TPSA) is 81.4 Å². The second-order valence-electron chi connectivity index (χ2n) is 6.10. The third kappa shape index (κ3) is 4.37. The molecular formula is C18H23N7. The van der Waals surface area contributed by atoms with Crippen LogP contribution >= 0.6 is 0 Å². The van der Waals surface area contributed by atoms with Crippen LogP contribution in [-0.2, 0) is 13.0 Å². The fraction of sp³-hybridized carbons (Fsp3) is 0.389. The smallest absolute Gasteiger partial charge is 0.223 e. The molecule has 0 spiro atoms. The maximum absolute atomic E-state index is 4.65. The lowest BCUT2D eigenvalue weighted by molar-refractivity contribution is 0.598. The van der Waals surface area contributed by atoms with E-state index < -0.39 is 0 Å². The van der Waals surface area contributed by atoms with Crippen LogP contribution in [-0.4, -0.2) is 35.8 Å². The Hall–Kier alpha value is -2.83. The lowest BCUT2D eigenvalue weighted by Crippen LogP contribution is -2.20. The normalized spacial score (nSPS) is 12.1. The summed E-state index contributed by atoms with van der Waals surface area (Å²) in [7, 11) is 0. The van der Waals surface area contributed by atoms with Crippen molar-refractivity contribution in [2.24, 2.45) is 0 Å². The van der Waals surface area contributed by atoms with E-state index in [0.717, 1.165) is 42.0 Å². The van der Waals surface area contributed by atoms with Gasteiger partial charge in [-0.05, 0) is 26.3 Å². The van der Waals surface area contributed by atoms with Gasteiger partial charge in [0.1, 0.15) is 0 Å². The van der Waals surface area contributed by atoms with Crippen molar-refractivity contribution < 1.29 is 0 Å². The number of hydrogen-bond acceptors (Lipinski definition) is 6. The van der Waals surface area contributed by atoms with Gasteiger partial charge in [0.15, 0.2) is 0 Å². The summed E-state index contributed by atoms with van der Waals surface area (Å²) >= 11 is 0. The zero-order valence-electron chi connectivity index (χ0n) is 14.8. The van der Waals surface area contributed by atoms with E-state index in [1.54, 1.807) is 24.8 Å². The van der Waals surface area contributed by atoms with Gasteiger partial charge in [0.05, 0.1) is 17.1 Å². The van der Waals surface area contributed by atoms with Crippen molar-refractivity contribution in [2.75, 3.05) is 5.32 Å². The van der Waals surface area contributed by atoms with E-state index in [2.05, 4.69) is 44.2 Å². The van der Waals surface area contributed by atoms with Crippen molar-refractivity contribution in [3.8, 4) is 11.3 Å². The molecule has 0 amide bonds. The van der Waals surface area contributed by atoms with Gasteiger partial charge >= 0.3 is 0 Å². The van der Waals surface area contributed by atoms with Gasteiger partial charge in [-0.3, -0.25) is 14.6 Å². The molecule has 0 fully saturated rings. The van der Waals surface area contributed by atoms with Crippen molar-refractivity contribution in [2.45, 2.75) is 46.2 Å². The zero-order valence-corrected chi connectivity index (χ0v) is 14.8. The Balaban J connectivity index is 1.73. The van der Waals surface area contributed by atoms with Crippen LogP contribution in [0.5, 0.6) is 0 Å². The fourth-order valence-electron chi connectivity index (χ4n) is 2.71. The molecule has 7 heteroatoms. The van der Waals surface area contributed by atoms with Crippen molar-refractivity contribution in [1.82, 2.24) is 29.7 Å². The number of rotatable bonds is 7. The molecule has 0 aliphatic heterocycles. The van der Waals surface area contributed by atoms with Gasteiger partial charge in [-0.15, -0.1) is 0 Å². The molecule has 3 rings (SSSR count). The molecule has 3 heterocycles. The Labute approximate surface area is 147 Å². The Kier molecular flexibility index (Phi) is 5.33. The summed E-state index contributed by atoms with van der Waals surface area (Å²) < 4.78 is 1.97. The molecule has 0 aliphatic carbocycles. The number of nitrogens with one attached hydrogen (secondary N) is 1. The van der Waals surface area contributed by atoms with E-state index in [1.165, 1.54) is 0 Å². The van der Waals surface area contributed by atoms with Gasteiger partial charge in [0.25, 0.3) is 0 Å². The minimum absolute atomic E-state index is 0.149. The number of hydrogen-bond donors (Lipinski definition) is 1. The molecule has 7 nitrogen and oxygen atoms in total. The minimum atomic E-state index is 0.149. The lowest BCUT2D eigenvalue weighted by Gasteiger charge is -2.13. The summed E-state index contributed by atoms with van der Waals surface area (Å²) in [5, 5.41) is 7.88. The number of aromatic nitrogens is 6. The van der Waals surface area contributed by atoms with Crippen molar-refractivity contribution in [3.05, 3.63) is 48.4 Å². The van der Waals surface area contributed by atoms with E-state index in [9.17, 15) is 0 Å². The standard InChI is InChI=1S/C18H23N7/c1-4-9-25-12-16(14(3)24-25)17-5-6-21-18(23-17)22-13(2)10-15-11-19-7-8-20-15/h5-8,11-13H,4,9-10H2,1-3H3,(H,21,22,23)/t13-/m1/s1. The molecule has 3 aromatic rings. The molecule has 3 aromatic heterocycles. The van der Waals surface area contributed by atoms with Crippen LogP contribution < -0.4 is 5.32 Å². The highest BCUT2D eigenvalue weighted by atomic mass is 15.3. The molecule has 0 aromatic carbocycles. The van der Waals surface area contributed by atoms with Gasteiger partial charge in [0, 0.05) is 55.6 Å². The molecule has 0 unspecified atom stereocenters. The predicted molar refractivity (Wildman–Crippen MR) is 97.1 cm³/mol. The van der Waals surface area contributed by atoms with Crippen LogP contribution in [0.25, 0.3) is 11.3 Å². The second kappa shape index (κ2) is 7.83. The molecular weight excluding hydrogens is 314 g/mol. The molecule has 0 aliphatic rings. The van der Waals surface area contributed by atoms with Crippen LogP contribution in [0.4, 0.5) is 5.95 Å². The van der Waals surface area contributed by atoms with E-state index in [-0.39, 0.29) is 6.04 Å². The highest BCUT2D eigenvalue weighted by Gasteiger charge is 2.11. The van der Waals surface area contributed by atoms with E-state index in [0.29, 0.717) is 5.95 Å². The van der Waals surface area contributed by atoms with E-state index >= 15 is 0 Å². The predicted octanol–water partition coefficient (Wildman–Crippen LogP) is 2.89. The average molecular weight is 337 g/mol. The van der Waals surface area contributed by atoms with Crippen molar-refractivity contribution in [1.29, 1.82) is 0 Å². The maximum Gasteiger partial charge on any atom is 0.223 e. The number of nitrogens with zero attached hydrogens (tertiary/aromatic N) is 6. The second-order valence-corrected chi connectivity index (χ2v) is 6.10.